The van der Waals surface area contributed by atoms with Crippen molar-refractivity contribution in [2.45, 2.75) is 437 Å². The van der Waals surface area contributed by atoms with Gasteiger partial charge in [-0.2, -0.15) is 0 Å². The van der Waals surface area contributed by atoms with Gasteiger partial charge in [-0.25, -0.2) is 0 Å². The van der Waals surface area contributed by atoms with E-state index in [4.69, 9.17) is 4.74 Å². The summed E-state index contributed by atoms with van der Waals surface area (Å²) in [5.74, 6) is -0.00946. The third-order valence-corrected chi connectivity index (χ3v) is 17.4. The standard InChI is InChI=1S/C72H143NO5/c1-3-5-7-9-11-13-15-16-17-18-19-20-21-23-26-29-32-35-38-41-45-48-52-56-60-64-70(75)69(68-74)73-71(76)65-61-57-53-49-46-42-39-36-33-30-27-24-22-25-28-31-34-37-40-43-47-51-55-59-63-67-78-72(77)66-62-58-54-50-44-14-12-10-8-6-4-2/h69-70,74-75H,3-68H2,1-2H3,(H,73,76). The molecule has 2 unspecified atom stereocenters. The molecule has 0 radical (unpaired) electrons. The highest BCUT2D eigenvalue weighted by Crippen LogP contribution is 2.20. The molecule has 0 spiro atoms. The maximum Gasteiger partial charge on any atom is 0.305 e. The Kier molecular flexibility index (Phi) is 67.4. The summed E-state index contributed by atoms with van der Waals surface area (Å²) in [6.45, 7) is 5.00. The number of ether oxygens (including phenoxy) is 1. The first kappa shape index (κ1) is 76.9. The summed E-state index contributed by atoms with van der Waals surface area (Å²) < 4.78 is 5.48. The van der Waals surface area contributed by atoms with Gasteiger partial charge in [0.05, 0.1) is 25.4 Å². The summed E-state index contributed by atoms with van der Waals surface area (Å²) in [7, 11) is 0. The van der Waals surface area contributed by atoms with E-state index in [0.717, 1.165) is 38.5 Å². The highest BCUT2D eigenvalue weighted by molar-refractivity contribution is 5.76. The lowest BCUT2D eigenvalue weighted by Crippen LogP contribution is -2.45. The molecule has 0 aliphatic rings. The van der Waals surface area contributed by atoms with E-state index in [-0.39, 0.29) is 18.5 Å². The van der Waals surface area contributed by atoms with Crippen LogP contribution >= 0.6 is 0 Å². The van der Waals surface area contributed by atoms with Crippen LogP contribution in [0.5, 0.6) is 0 Å². The molecule has 3 N–H and O–H groups in total. The van der Waals surface area contributed by atoms with Crippen LogP contribution in [0, 0.1) is 0 Å². The van der Waals surface area contributed by atoms with Crippen molar-refractivity contribution in [2.75, 3.05) is 13.2 Å². The van der Waals surface area contributed by atoms with Crippen molar-refractivity contribution >= 4 is 11.9 Å². The number of amides is 1. The molecule has 0 aromatic carbocycles. The number of unbranched alkanes of at least 4 members (excludes halogenated alkanes) is 58. The molecule has 0 rings (SSSR count). The second-order valence-corrected chi connectivity index (χ2v) is 25.3. The molecule has 0 aliphatic carbocycles. The normalized spacial score (nSPS) is 12.4. The van der Waals surface area contributed by atoms with Crippen LogP contribution in [-0.4, -0.2) is 47.4 Å². The molecular weight excluding hydrogens is 959 g/mol. The zero-order valence-corrected chi connectivity index (χ0v) is 53.4. The Morgan fingerprint density at radius 1 is 0.308 bits per heavy atom. The molecule has 0 bridgehead atoms. The van der Waals surface area contributed by atoms with Crippen molar-refractivity contribution in [3.63, 3.8) is 0 Å². The maximum absolute atomic E-state index is 12.6. The Morgan fingerprint density at radius 2 is 0.526 bits per heavy atom. The van der Waals surface area contributed by atoms with E-state index in [1.54, 1.807) is 0 Å². The molecule has 6 nitrogen and oxygen atoms in total. The third-order valence-electron chi connectivity index (χ3n) is 17.4. The van der Waals surface area contributed by atoms with Crippen molar-refractivity contribution < 1.29 is 24.5 Å². The SMILES string of the molecule is CCCCCCCCCCCCCCCCCCCCCCCCCCCC(O)C(CO)NC(=O)CCCCCCCCCCCCCCCCCCCCCCCCCCCOC(=O)CCCCCCCCCCCCC. The first-order chi connectivity index (χ1) is 38.5. The maximum atomic E-state index is 12.6. The summed E-state index contributed by atoms with van der Waals surface area (Å²) in [6, 6.07) is -0.540. The lowest BCUT2D eigenvalue weighted by Gasteiger charge is -2.22. The van der Waals surface area contributed by atoms with Gasteiger partial charge >= 0.3 is 5.97 Å². The van der Waals surface area contributed by atoms with Gasteiger partial charge in [0.25, 0.3) is 0 Å². The van der Waals surface area contributed by atoms with Crippen molar-refractivity contribution in [1.29, 1.82) is 0 Å². The topological polar surface area (TPSA) is 95.9 Å². The van der Waals surface area contributed by atoms with Crippen LogP contribution < -0.4 is 5.32 Å². The van der Waals surface area contributed by atoms with Crippen LogP contribution in [0.25, 0.3) is 0 Å². The van der Waals surface area contributed by atoms with E-state index < -0.39 is 12.1 Å². The summed E-state index contributed by atoms with van der Waals surface area (Å²) in [6.07, 6.45) is 83.0. The molecule has 6 heteroatoms. The first-order valence-corrected chi connectivity index (χ1v) is 36.3. The van der Waals surface area contributed by atoms with Gasteiger partial charge in [-0.05, 0) is 25.7 Å². The lowest BCUT2D eigenvalue weighted by molar-refractivity contribution is -0.143. The predicted molar refractivity (Wildman–Crippen MR) is 343 cm³/mol. The largest absolute Gasteiger partial charge is 0.466 e. The quantitative estimate of drug-likeness (QED) is 0.0417. The van der Waals surface area contributed by atoms with E-state index in [2.05, 4.69) is 19.2 Å². The molecule has 2 atom stereocenters. The number of carbonyl (C=O) groups excluding carboxylic acids is 2. The van der Waals surface area contributed by atoms with Crippen molar-refractivity contribution in [1.82, 2.24) is 5.32 Å². The molecule has 0 aliphatic heterocycles. The average Bonchev–Trinajstić information content (AvgIpc) is 3.44. The van der Waals surface area contributed by atoms with Gasteiger partial charge in [0.2, 0.25) is 5.91 Å². The second-order valence-electron chi connectivity index (χ2n) is 25.3. The Labute approximate surface area is 489 Å². The Hall–Kier alpha value is -1.14. The van der Waals surface area contributed by atoms with Gasteiger partial charge in [0.1, 0.15) is 0 Å². The molecule has 0 aromatic heterocycles. The van der Waals surface area contributed by atoms with E-state index in [9.17, 15) is 19.8 Å². The van der Waals surface area contributed by atoms with Gasteiger partial charge in [0.15, 0.2) is 0 Å². The molecule has 0 aromatic rings. The molecule has 466 valence electrons. The first-order valence-electron chi connectivity index (χ1n) is 36.3. The number of hydrogen-bond donors (Lipinski definition) is 3. The Balaban J connectivity index is 3.36. The Bertz CT molecular complexity index is 1130. The van der Waals surface area contributed by atoms with Crippen LogP contribution in [0.2, 0.25) is 0 Å². The molecule has 0 saturated heterocycles. The molecule has 0 heterocycles. The van der Waals surface area contributed by atoms with Crippen LogP contribution in [0.3, 0.4) is 0 Å². The van der Waals surface area contributed by atoms with Crippen LogP contribution in [0.15, 0.2) is 0 Å². The number of rotatable bonds is 69. The van der Waals surface area contributed by atoms with Gasteiger partial charge < -0.3 is 20.3 Å². The molecule has 1 amide bonds. The van der Waals surface area contributed by atoms with Crippen LogP contribution in [-0.2, 0) is 14.3 Å². The summed E-state index contributed by atoms with van der Waals surface area (Å²) in [4.78, 5) is 24.6. The summed E-state index contributed by atoms with van der Waals surface area (Å²) >= 11 is 0. The minimum absolute atomic E-state index is 0.0176. The van der Waals surface area contributed by atoms with Crippen LogP contribution in [0.4, 0.5) is 0 Å². The monoisotopic (exact) mass is 1100 g/mol. The predicted octanol–water partition coefficient (Wildman–Crippen LogP) is 23.4. The van der Waals surface area contributed by atoms with E-state index >= 15 is 0 Å². The average molecular weight is 1100 g/mol. The number of esters is 1. The van der Waals surface area contributed by atoms with E-state index in [1.165, 1.54) is 353 Å². The number of aliphatic hydroxyl groups excluding tert-OH is 2. The second kappa shape index (κ2) is 68.4. The third kappa shape index (κ3) is 64.0. The Morgan fingerprint density at radius 3 is 0.782 bits per heavy atom. The number of hydrogen-bond acceptors (Lipinski definition) is 5. The fourth-order valence-corrected chi connectivity index (χ4v) is 11.9. The zero-order valence-electron chi connectivity index (χ0n) is 53.4. The van der Waals surface area contributed by atoms with Crippen molar-refractivity contribution in [3.8, 4) is 0 Å². The highest BCUT2D eigenvalue weighted by Gasteiger charge is 2.20. The van der Waals surface area contributed by atoms with E-state index in [0.29, 0.717) is 25.9 Å². The minimum atomic E-state index is -0.663. The summed E-state index contributed by atoms with van der Waals surface area (Å²) in [5, 5.41) is 23.5. The van der Waals surface area contributed by atoms with Crippen molar-refractivity contribution in [3.05, 3.63) is 0 Å². The molecular formula is C72H143NO5. The van der Waals surface area contributed by atoms with Crippen molar-refractivity contribution in [2.24, 2.45) is 0 Å². The van der Waals surface area contributed by atoms with Crippen LogP contribution in [0.1, 0.15) is 425 Å². The number of carbonyl (C=O) groups is 2. The molecule has 0 saturated carbocycles. The minimum Gasteiger partial charge on any atom is -0.466 e. The smallest absolute Gasteiger partial charge is 0.305 e. The molecule has 78 heavy (non-hydrogen) atoms. The lowest BCUT2D eigenvalue weighted by atomic mass is 10.0. The van der Waals surface area contributed by atoms with Gasteiger partial charge in [-0.3, -0.25) is 9.59 Å². The zero-order chi connectivity index (χ0) is 56.4. The van der Waals surface area contributed by atoms with Gasteiger partial charge in [-0.15, -0.1) is 0 Å². The molecule has 0 fully saturated rings. The highest BCUT2D eigenvalue weighted by atomic mass is 16.5. The number of nitrogens with one attached hydrogen (secondary N) is 1. The van der Waals surface area contributed by atoms with Gasteiger partial charge in [0, 0.05) is 12.8 Å². The fourth-order valence-electron chi connectivity index (χ4n) is 11.9. The van der Waals surface area contributed by atoms with Gasteiger partial charge in [-0.1, -0.05) is 386 Å². The fraction of sp³-hybridized carbons (Fsp3) is 0.972. The number of aliphatic hydroxyl groups is 2. The van der Waals surface area contributed by atoms with E-state index in [1.807, 2.05) is 0 Å². The summed E-state index contributed by atoms with van der Waals surface area (Å²) in [5.41, 5.74) is 0.